The molecule has 88 valence electrons. The van der Waals surface area contributed by atoms with E-state index in [1.165, 1.54) is 5.56 Å². The van der Waals surface area contributed by atoms with Crippen molar-refractivity contribution in [2.75, 3.05) is 0 Å². The Hall–Kier alpha value is -1.15. The van der Waals surface area contributed by atoms with E-state index < -0.39 is 6.10 Å². The van der Waals surface area contributed by atoms with E-state index in [2.05, 4.69) is 6.92 Å². The normalized spacial score (nSPS) is 12.4. The molecule has 0 unspecified atom stereocenters. The number of carbonyl (C=O) groups is 1. The van der Waals surface area contributed by atoms with E-state index in [4.69, 9.17) is 0 Å². The third kappa shape index (κ3) is 4.15. The summed E-state index contributed by atoms with van der Waals surface area (Å²) in [6.45, 7) is 4.07. The summed E-state index contributed by atoms with van der Waals surface area (Å²) in [5.74, 6) is -0.0719. The quantitative estimate of drug-likeness (QED) is 0.800. The van der Waals surface area contributed by atoms with Crippen molar-refractivity contribution >= 4 is 5.78 Å². The van der Waals surface area contributed by atoms with E-state index >= 15 is 0 Å². The van der Waals surface area contributed by atoms with Crippen LogP contribution in [0.2, 0.25) is 0 Å². The molecular weight excluding hydrogens is 200 g/mol. The van der Waals surface area contributed by atoms with Gasteiger partial charge in [0.05, 0.1) is 0 Å². The first kappa shape index (κ1) is 12.9. The molecule has 1 rings (SSSR count). The van der Waals surface area contributed by atoms with Gasteiger partial charge < -0.3 is 5.11 Å². The van der Waals surface area contributed by atoms with E-state index in [1.54, 1.807) is 0 Å². The Balaban J connectivity index is 2.47. The highest BCUT2D eigenvalue weighted by molar-refractivity contribution is 5.84. The Morgan fingerprint density at radius 3 is 2.50 bits per heavy atom. The SMILES string of the molecule is CCCC[C@H](O)C(=O)Cc1ccc(C)cc1. The Morgan fingerprint density at radius 1 is 1.31 bits per heavy atom. The van der Waals surface area contributed by atoms with E-state index in [1.807, 2.05) is 31.2 Å². The topological polar surface area (TPSA) is 37.3 Å². The molecule has 0 aliphatic heterocycles. The van der Waals surface area contributed by atoms with Gasteiger partial charge in [-0.2, -0.15) is 0 Å². The smallest absolute Gasteiger partial charge is 0.165 e. The van der Waals surface area contributed by atoms with Crippen molar-refractivity contribution in [3.8, 4) is 0 Å². The summed E-state index contributed by atoms with van der Waals surface area (Å²) in [5, 5.41) is 9.62. The van der Waals surface area contributed by atoms with Crippen molar-refractivity contribution in [3.05, 3.63) is 35.4 Å². The molecule has 16 heavy (non-hydrogen) atoms. The van der Waals surface area contributed by atoms with E-state index in [-0.39, 0.29) is 5.78 Å². The summed E-state index contributed by atoms with van der Waals surface area (Å²) in [5.41, 5.74) is 2.16. The second-order valence-corrected chi connectivity index (χ2v) is 4.29. The maximum Gasteiger partial charge on any atom is 0.165 e. The van der Waals surface area contributed by atoms with Crippen molar-refractivity contribution in [2.45, 2.75) is 45.6 Å². The highest BCUT2D eigenvalue weighted by Crippen LogP contribution is 2.08. The molecule has 0 fully saturated rings. The van der Waals surface area contributed by atoms with Crippen LogP contribution < -0.4 is 0 Å². The first-order valence-corrected chi connectivity index (χ1v) is 5.89. The third-order valence-corrected chi connectivity index (χ3v) is 2.70. The molecule has 0 aromatic heterocycles. The molecule has 0 aliphatic rings. The lowest BCUT2D eigenvalue weighted by molar-refractivity contribution is -0.126. The largest absolute Gasteiger partial charge is 0.385 e. The second kappa shape index (κ2) is 6.44. The van der Waals surface area contributed by atoms with Gasteiger partial charge in [0.25, 0.3) is 0 Å². The van der Waals surface area contributed by atoms with Crippen LogP contribution in [0.15, 0.2) is 24.3 Å². The van der Waals surface area contributed by atoms with Gasteiger partial charge in [-0.05, 0) is 18.9 Å². The van der Waals surface area contributed by atoms with Gasteiger partial charge in [0.2, 0.25) is 0 Å². The fourth-order valence-corrected chi connectivity index (χ4v) is 1.58. The van der Waals surface area contributed by atoms with Gasteiger partial charge in [-0.15, -0.1) is 0 Å². The number of Topliss-reactive ketones (excluding diaryl/α,β-unsaturated/α-hetero) is 1. The van der Waals surface area contributed by atoms with Crippen molar-refractivity contribution in [3.63, 3.8) is 0 Å². The van der Waals surface area contributed by atoms with Crippen LogP contribution in [0.25, 0.3) is 0 Å². The van der Waals surface area contributed by atoms with Gasteiger partial charge in [-0.1, -0.05) is 49.6 Å². The fourth-order valence-electron chi connectivity index (χ4n) is 1.58. The minimum absolute atomic E-state index is 0.0719. The van der Waals surface area contributed by atoms with Crippen LogP contribution in [-0.4, -0.2) is 17.0 Å². The molecule has 0 aliphatic carbocycles. The minimum Gasteiger partial charge on any atom is -0.385 e. The molecular formula is C14H20O2. The zero-order valence-electron chi connectivity index (χ0n) is 10.1. The van der Waals surface area contributed by atoms with Gasteiger partial charge in [0, 0.05) is 6.42 Å². The average molecular weight is 220 g/mol. The van der Waals surface area contributed by atoms with E-state index in [9.17, 15) is 9.90 Å². The predicted molar refractivity (Wildman–Crippen MR) is 65.4 cm³/mol. The van der Waals surface area contributed by atoms with Crippen LogP contribution in [0.3, 0.4) is 0 Å². The number of ketones is 1. The molecule has 1 aromatic carbocycles. The third-order valence-electron chi connectivity index (χ3n) is 2.70. The van der Waals surface area contributed by atoms with Crippen LogP contribution in [0.1, 0.15) is 37.3 Å². The first-order chi connectivity index (χ1) is 7.63. The van der Waals surface area contributed by atoms with Gasteiger partial charge in [-0.25, -0.2) is 0 Å². The van der Waals surface area contributed by atoms with E-state index in [0.717, 1.165) is 18.4 Å². The van der Waals surface area contributed by atoms with Crippen LogP contribution >= 0.6 is 0 Å². The zero-order valence-corrected chi connectivity index (χ0v) is 10.1. The molecule has 0 saturated carbocycles. The molecule has 0 amide bonds. The monoisotopic (exact) mass is 220 g/mol. The van der Waals surface area contributed by atoms with E-state index in [0.29, 0.717) is 12.8 Å². The summed E-state index contributed by atoms with van der Waals surface area (Å²) in [6, 6.07) is 7.86. The lowest BCUT2D eigenvalue weighted by Crippen LogP contribution is -2.22. The number of hydrogen-bond acceptors (Lipinski definition) is 2. The predicted octanol–water partition coefficient (Wildman–Crippen LogP) is 2.66. The van der Waals surface area contributed by atoms with Gasteiger partial charge in [0.15, 0.2) is 5.78 Å². The number of benzene rings is 1. The standard InChI is InChI=1S/C14H20O2/c1-3-4-5-13(15)14(16)10-12-8-6-11(2)7-9-12/h6-9,13,15H,3-5,10H2,1-2H3/t13-/m0/s1. The number of carbonyl (C=O) groups excluding carboxylic acids is 1. The number of aliphatic hydroxyl groups excluding tert-OH is 1. The van der Waals surface area contributed by atoms with Crippen molar-refractivity contribution in [1.82, 2.24) is 0 Å². The molecule has 0 radical (unpaired) electrons. The highest BCUT2D eigenvalue weighted by atomic mass is 16.3. The molecule has 1 atom stereocenters. The number of hydrogen-bond donors (Lipinski definition) is 1. The Labute approximate surface area is 97.3 Å². The summed E-state index contributed by atoms with van der Waals surface area (Å²) >= 11 is 0. The molecule has 0 bridgehead atoms. The number of aliphatic hydroxyl groups is 1. The lowest BCUT2D eigenvalue weighted by atomic mass is 10.0. The Morgan fingerprint density at radius 2 is 1.94 bits per heavy atom. The van der Waals surface area contributed by atoms with Gasteiger partial charge in [0.1, 0.15) is 6.10 Å². The minimum atomic E-state index is -0.791. The fraction of sp³-hybridized carbons (Fsp3) is 0.500. The maximum atomic E-state index is 11.7. The summed E-state index contributed by atoms with van der Waals surface area (Å²) in [4.78, 5) is 11.7. The molecule has 1 aromatic rings. The molecule has 0 saturated heterocycles. The van der Waals surface area contributed by atoms with Crippen molar-refractivity contribution < 1.29 is 9.90 Å². The summed E-state index contributed by atoms with van der Waals surface area (Å²) in [7, 11) is 0. The van der Waals surface area contributed by atoms with Crippen LogP contribution in [0, 0.1) is 6.92 Å². The maximum absolute atomic E-state index is 11.7. The Kier molecular flexibility index (Phi) is 5.20. The van der Waals surface area contributed by atoms with Gasteiger partial charge in [-0.3, -0.25) is 4.79 Å². The lowest BCUT2D eigenvalue weighted by Gasteiger charge is -2.08. The molecule has 2 heteroatoms. The summed E-state index contributed by atoms with van der Waals surface area (Å²) < 4.78 is 0. The van der Waals surface area contributed by atoms with Crippen LogP contribution in [-0.2, 0) is 11.2 Å². The van der Waals surface area contributed by atoms with Crippen LogP contribution in [0.5, 0.6) is 0 Å². The first-order valence-electron chi connectivity index (χ1n) is 5.89. The summed E-state index contributed by atoms with van der Waals surface area (Å²) in [6.07, 6.45) is 2.04. The Bertz CT molecular complexity index is 327. The zero-order chi connectivity index (χ0) is 12.0. The number of unbranched alkanes of at least 4 members (excludes halogenated alkanes) is 1. The molecule has 0 heterocycles. The molecule has 1 N–H and O–H groups in total. The average Bonchev–Trinajstić information content (AvgIpc) is 2.29. The molecule has 2 nitrogen and oxygen atoms in total. The van der Waals surface area contributed by atoms with Crippen molar-refractivity contribution in [1.29, 1.82) is 0 Å². The number of rotatable bonds is 6. The van der Waals surface area contributed by atoms with Crippen molar-refractivity contribution in [2.24, 2.45) is 0 Å². The highest BCUT2D eigenvalue weighted by Gasteiger charge is 2.14. The van der Waals surface area contributed by atoms with Crippen LogP contribution in [0.4, 0.5) is 0 Å². The number of aryl methyl sites for hydroxylation is 1. The molecule has 0 spiro atoms. The van der Waals surface area contributed by atoms with Gasteiger partial charge >= 0.3 is 0 Å². The second-order valence-electron chi connectivity index (χ2n) is 4.29.